The second kappa shape index (κ2) is 11.6. The summed E-state index contributed by atoms with van der Waals surface area (Å²) in [5.74, 6) is -6.82. The summed E-state index contributed by atoms with van der Waals surface area (Å²) in [5, 5.41) is 9.16. The SMILES string of the molecule is C[C@@H](N)CS(C)(=O)=O.O=C(O)c1cnc(Oc2ccc(F)cc2F)nc1Oc1ccc(F)cc1F. The van der Waals surface area contributed by atoms with Crippen molar-refractivity contribution in [2.75, 3.05) is 12.0 Å². The minimum Gasteiger partial charge on any atom is -0.477 e. The van der Waals surface area contributed by atoms with Crippen LogP contribution in [-0.4, -0.2) is 47.5 Å². The average molecular weight is 517 g/mol. The molecule has 1 aromatic heterocycles. The smallest absolute Gasteiger partial charge is 0.342 e. The topological polar surface area (TPSA) is 142 Å². The zero-order chi connectivity index (χ0) is 26.3. The number of aromatic carboxylic acids is 1. The van der Waals surface area contributed by atoms with Crippen molar-refractivity contribution < 1.29 is 45.4 Å². The fourth-order valence-electron chi connectivity index (χ4n) is 2.42. The molecule has 0 unspecified atom stereocenters. The van der Waals surface area contributed by atoms with Gasteiger partial charge in [-0.25, -0.2) is 35.8 Å². The first kappa shape index (κ1) is 27.5. The Morgan fingerprint density at radius 1 is 1.03 bits per heavy atom. The lowest BCUT2D eigenvalue weighted by atomic mass is 10.3. The Morgan fingerprint density at radius 3 is 1.94 bits per heavy atom. The third kappa shape index (κ3) is 8.83. The lowest BCUT2D eigenvalue weighted by Gasteiger charge is -2.10. The van der Waals surface area contributed by atoms with E-state index in [1.807, 2.05) is 0 Å². The van der Waals surface area contributed by atoms with Crippen molar-refractivity contribution in [3.8, 4) is 23.4 Å². The molecule has 0 radical (unpaired) electrons. The van der Waals surface area contributed by atoms with Crippen LogP contribution in [0.25, 0.3) is 0 Å². The van der Waals surface area contributed by atoms with Crippen LogP contribution in [0.5, 0.6) is 23.4 Å². The fourth-order valence-corrected chi connectivity index (χ4v) is 3.38. The molecule has 3 N–H and O–H groups in total. The minimum absolute atomic E-state index is 0.0764. The van der Waals surface area contributed by atoms with E-state index in [-0.39, 0.29) is 11.8 Å². The highest BCUT2D eigenvalue weighted by molar-refractivity contribution is 7.90. The summed E-state index contributed by atoms with van der Waals surface area (Å²) >= 11 is 0. The highest BCUT2D eigenvalue weighted by atomic mass is 32.2. The molecule has 188 valence electrons. The number of ether oxygens (including phenoxy) is 2. The van der Waals surface area contributed by atoms with Gasteiger partial charge in [0.25, 0.3) is 0 Å². The zero-order valence-corrected chi connectivity index (χ0v) is 19.0. The second-order valence-electron chi connectivity index (χ2n) is 7.10. The van der Waals surface area contributed by atoms with Crippen LogP contribution in [-0.2, 0) is 9.84 Å². The third-order valence-electron chi connectivity index (χ3n) is 3.72. The molecule has 1 atom stereocenters. The minimum atomic E-state index is -2.85. The molecule has 0 aliphatic rings. The number of nitrogens with two attached hydrogens (primary N) is 1. The van der Waals surface area contributed by atoms with Crippen LogP contribution in [0.1, 0.15) is 17.3 Å². The Bertz CT molecular complexity index is 1320. The van der Waals surface area contributed by atoms with Crippen LogP contribution in [0, 0.1) is 23.3 Å². The van der Waals surface area contributed by atoms with Crippen molar-refractivity contribution in [2.24, 2.45) is 5.73 Å². The molecule has 0 aliphatic carbocycles. The molecular formula is C21H19F4N3O6S. The largest absolute Gasteiger partial charge is 0.477 e. The van der Waals surface area contributed by atoms with Gasteiger partial charge in [0.15, 0.2) is 23.1 Å². The molecule has 0 spiro atoms. The number of hydrogen-bond acceptors (Lipinski definition) is 8. The highest BCUT2D eigenvalue weighted by Crippen LogP contribution is 2.29. The van der Waals surface area contributed by atoms with Gasteiger partial charge < -0.3 is 20.3 Å². The van der Waals surface area contributed by atoms with Gasteiger partial charge >= 0.3 is 12.0 Å². The van der Waals surface area contributed by atoms with Gasteiger partial charge in [0.1, 0.15) is 27.0 Å². The van der Waals surface area contributed by atoms with Crippen molar-refractivity contribution in [2.45, 2.75) is 13.0 Å². The van der Waals surface area contributed by atoms with Crippen LogP contribution in [0.3, 0.4) is 0 Å². The molecule has 1 heterocycles. The van der Waals surface area contributed by atoms with Crippen LogP contribution >= 0.6 is 0 Å². The monoisotopic (exact) mass is 517 g/mol. The second-order valence-corrected chi connectivity index (χ2v) is 9.28. The molecule has 0 aliphatic heterocycles. The van der Waals surface area contributed by atoms with Gasteiger partial charge in [0, 0.05) is 24.4 Å². The van der Waals surface area contributed by atoms with Gasteiger partial charge in [0.05, 0.1) is 11.9 Å². The van der Waals surface area contributed by atoms with E-state index in [0.29, 0.717) is 12.1 Å². The standard InChI is InChI=1S/C17H8F4N2O4.C4H11NO2S/c18-8-1-3-13(11(20)5-8)26-15-10(16(24)25)7-22-17(23-15)27-14-4-2-9(19)6-12(14)21;1-4(5)3-8(2,6)7/h1-7H,(H,24,25);4H,3,5H2,1-2H3/t;4-/m.1/s1. The summed E-state index contributed by atoms with van der Waals surface area (Å²) in [5.41, 5.74) is 4.65. The van der Waals surface area contributed by atoms with Crippen molar-refractivity contribution in [1.29, 1.82) is 0 Å². The fraction of sp³-hybridized carbons (Fsp3) is 0.190. The normalized spacial score (nSPS) is 11.7. The molecule has 14 heteroatoms. The number of carboxylic acid groups (broad SMARTS) is 1. The van der Waals surface area contributed by atoms with E-state index in [0.717, 1.165) is 30.5 Å². The molecule has 3 aromatic rings. The summed E-state index contributed by atoms with van der Waals surface area (Å²) in [6.07, 6.45) is 1.97. The number of benzene rings is 2. The predicted molar refractivity (Wildman–Crippen MR) is 115 cm³/mol. The summed E-state index contributed by atoms with van der Waals surface area (Å²) in [7, 11) is -2.85. The van der Waals surface area contributed by atoms with Crippen molar-refractivity contribution in [3.63, 3.8) is 0 Å². The molecule has 9 nitrogen and oxygen atoms in total. The summed E-state index contributed by atoms with van der Waals surface area (Å²) in [4.78, 5) is 18.5. The summed E-state index contributed by atoms with van der Waals surface area (Å²) in [6, 6.07) is 4.03. The summed E-state index contributed by atoms with van der Waals surface area (Å²) in [6.45, 7) is 1.67. The Labute approximate surface area is 197 Å². The Hall–Kier alpha value is -3.78. The first-order chi connectivity index (χ1) is 16.2. The van der Waals surface area contributed by atoms with Crippen LogP contribution in [0.2, 0.25) is 0 Å². The molecule has 35 heavy (non-hydrogen) atoms. The van der Waals surface area contributed by atoms with Gasteiger partial charge in [-0.2, -0.15) is 4.98 Å². The van der Waals surface area contributed by atoms with Gasteiger partial charge in [-0.05, 0) is 31.2 Å². The molecular weight excluding hydrogens is 498 g/mol. The number of carboxylic acids is 1. The van der Waals surface area contributed by atoms with E-state index in [4.69, 9.17) is 20.3 Å². The van der Waals surface area contributed by atoms with E-state index in [9.17, 15) is 30.8 Å². The predicted octanol–water partition coefficient (Wildman–Crippen LogP) is 3.69. The molecule has 2 aromatic carbocycles. The van der Waals surface area contributed by atoms with Crippen molar-refractivity contribution >= 4 is 15.8 Å². The molecule has 3 rings (SSSR count). The number of halogens is 4. The van der Waals surface area contributed by atoms with Crippen LogP contribution < -0.4 is 15.2 Å². The van der Waals surface area contributed by atoms with Crippen molar-refractivity contribution in [3.05, 3.63) is 71.4 Å². The van der Waals surface area contributed by atoms with Crippen LogP contribution in [0.4, 0.5) is 17.6 Å². The van der Waals surface area contributed by atoms with Crippen LogP contribution in [0.15, 0.2) is 42.6 Å². The van der Waals surface area contributed by atoms with Gasteiger partial charge in [0.2, 0.25) is 5.88 Å². The maximum absolute atomic E-state index is 13.7. The van der Waals surface area contributed by atoms with Gasteiger partial charge in [-0.15, -0.1) is 0 Å². The number of sulfone groups is 1. The third-order valence-corrected chi connectivity index (χ3v) is 4.85. The number of hydrogen-bond donors (Lipinski definition) is 2. The zero-order valence-electron chi connectivity index (χ0n) is 18.2. The van der Waals surface area contributed by atoms with E-state index in [2.05, 4.69) is 9.97 Å². The quantitative estimate of drug-likeness (QED) is 0.449. The van der Waals surface area contributed by atoms with Gasteiger partial charge in [-0.3, -0.25) is 0 Å². The molecule has 0 saturated carbocycles. The van der Waals surface area contributed by atoms with Gasteiger partial charge in [-0.1, -0.05) is 0 Å². The maximum atomic E-state index is 13.7. The van der Waals surface area contributed by atoms with E-state index in [1.165, 1.54) is 6.26 Å². The first-order valence-electron chi connectivity index (χ1n) is 9.54. The molecule has 0 bridgehead atoms. The Balaban J connectivity index is 0.000000466. The lowest BCUT2D eigenvalue weighted by molar-refractivity contribution is 0.0692. The average Bonchev–Trinajstić information content (AvgIpc) is 2.71. The molecule has 0 saturated heterocycles. The maximum Gasteiger partial charge on any atom is 0.342 e. The highest BCUT2D eigenvalue weighted by Gasteiger charge is 2.19. The van der Waals surface area contributed by atoms with E-state index >= 15 is 0 Å². The van der Waals surface area contributed by atoms with Crippen molar-refractivity contribution in [1.82, 2.24) is 9.97 Å². The van der Waals surface area contributed by atoms with E-state index < -0.39 is 68.0 Å². The first-order valence-corrected chi connectivity index (χ1v) is 11.6. The number of nitrogens with zero attached hydrogens (tertiary/aromatic N) is 2. The number of aromatic nitrogens is 2. The molecule has 0 fully saturated rings. The van der Waals surface area contributed by atoms with E-state index in [1.54, 1.807) is 6.92 Å². The lowest BCUT2D eigenvalue weighted by Crippen LogP contribution is -2.25. The number of carbonyl (C=O) groups is 1. The summed E-state index contributed by atoms with van der Waals surface area (Å²) < 4.78 is 84.1. The Morgan fingerprint density at radius 2 is 1.54 bits per heavy atom. The Kier molecular flexibility index (Phi) is 9.08. The number of rotatable bonds is 7. The molecule has 0 amide bonds.